The Balaban J connectivity index is 3.25. The first-order valence-electron chi connectivity index (χ1n) is 11.1. The van der Waals surface area contributed by atoms with Crippen LogP contribution in [0.1, 0.15) is 103 Å². The standard InChI is InChI=1S/C21H45O4PS/c1-3-4-5-6-7-8-9-10-11-12-13-14-15-16-19-27-20-21(25-2)17-18-26(22,23)24/h21H,3-20H2,1-2H3,(H2,22,23,24)/t21-/m0/s1. The molecule has 0 radical (unpaired) electrons. The highest BCUT2D eigenvalue weighted by Crippen LogP contribution is 2.35. The minimum atomic E-state index is -3.90. The highest BCUT2D eigenvalue weighted by molar-refractivity contribution is 7.99. The van der Waals surface area contributed by atoms with E-state index in [4.69, 9.17) is 14.5 Å². The molecule has 164 valence electrons. The van der Waals surface area contributed by atoms with Gasteiger partial charge in [-0.05, 0) is 18.6 Å². The molecule has 0 fully saturated rings. The summed E-state index contributed by atoms with van der Waals surface area (Å²) in [6.07, 6.45) is 19.6. The van der Waals surface area contributed by atoms with Gasteiger partial charge in [-0.2, -0.15) is 11.8 Å². The largest absolute Gasteiger partial charge is 0.381 e. The molecule has 0 spiro atoms. The lowest BCUT2D eigenvalue weighted by molar-refractivity contribution is 0.118. The third-order valence-corrected chi connectivity index (χ3v) is 7.05. The van der Waals surface area contributed by atoms with Gasteiger partial charge in [-0.25, -0.2) is 0 Å². The molecule has 1 atom stereocenters. The van der Waals surface area contributed by atoms with Crippen molar-refractivity contribution in [2.75, 3.05) is 24.8 Å². The number of thioether (sulfide) groups is 1. The first-order chi connectivity index (χ1) is 13.0. The average molecular weight is 425 g/mol. The van der Waals surface area contributed by atoms with E-state index in [0.717, 1.165) is 11.5 Å². The van der Waals surface area contributed by atoms with Crippen molar-refractivity contribution in [3.05, 3.63) is 0 Å². The quantitative estimate of drug-likeness (QED) is 0.157. The Morgan fingerprint density at radius 1 is 0.815 bits per heavy atom. The van der Waals surface area contributed by atoms with Gasteiger partial charge in [0.05, 0.1) is 12.3 Å². The molecule has 0 amide bonds. The van der Waals surface area contributed by atoms with Crippen LogP contribution in [0.3, 0.4) is 0 Å². The smallest absolute Gasteiger partial charge is 0.325 e. The second kappa shape index (κ2) is 19.8. The van der Waals surface area contributed by atoms with Crippen molar-refractivity contribution in [3.8, 4) is 0 Å². The number of rotatable bonds is 21. The first-order valence-corrected chi connectivity index (χ1v) is 14.1. The van der Waals surface area contributed by atoms with Crippen LogP contribution in [0.5, 0.6) is 0 Å². The van der Waals surface area contributed by atoms with Crippen molar-refractivity contribution in [3.63, 3.8) is 0 Å². The maximum atomic E-state index is 10.9. The van der Waals surface area contributed by atoms with Crippen LogP contribution in [-0.4, -0.2) is 40.7 Å². The van der Waals surface area contributed by atoms with Crippen molar-refractivity contribution in [2.45, 2.75) is 109 Å². The van der Waals surface area contributed by atoms with Crippen molar-refractivity contribution < 1.29 is 19.1 Å². The molecule has 6 heteroatoms. The minimum absolute atomic E-state index is 0.0470. The molecule has 0 aliphatic heterocycles. The van der Waals surface area contributed by atoms with Crippen molar-refractivity contribution in [1.82, 2.24) is 0 Å². The zero-order valence-electron chi connectivity index (χ0n) is 17.9. The third-order valence-electron chi connectivity index (χ3n) is 5.02. The van der Waals surface area contributed by atoms with Gasteiger partial charge >= 0.3 is 7.60 Å². The Hall–Kier alpha value is 0.460. The van der Waals surface area contributed by atoms with E-state index in [1.807, 2.05) is 11.8 Å². The SMILES string of the molecule is CCCCCCCCCCCCCCCCSC[C@H](CCP(=O)(O)O)OC. The highest BCUT2D eigenvalue weighted by atomic mass is 32.2. The predicted octanol–water partition coefficient (Wildman–Crippen LogP) is 6.78. The monoisotopic (exact) mass is 424 g/mol. The molecule has 0 aliphatic rings. The van der Waals surface area contributed by atoms with E-state index in [0.29, 0.717) is 6.42 Å². The van der Waals surface area contributed by atoms with Crippen LogP contribution >= 0.6 is 19.4 Å². The van der Waals surface area contributed by atoms with Gasteiger partial charge in [-0.3, -0.25) is 4.57 Å². The lowest BCUT2D eigenvalue weighted by Crippen LogP contribution is -2.16. The molecule has 0 aromatic rings. The average Bonchev–Trinajstić information content (AvgIpc) is 2.63. The van der Waals surface area contributed by atoms with Gasteiger partial charge in [-0.1, -0.05) is 90.4 Å². The molecular weight excluding hydrogens is 379 g/mol. The summed E-state index contributed by atoms with van der Waals surface area (Å²) in [5, 5.41) is 0. The highest BCUT2D eigenvalue weighted by Gasteiger charge is 2.17. The van der Waals surface area contributed by atoms with Gasteiger partial charge in [-0.15, -0.1) is 0 Å². The Bertz CT molecular complexity index is 349. The van der Waals surface area contributed by atoms with E-state index in [2.05, 4.69) is 6.92 Å². The van der Waals surface area contributed by atoms with E-state index in [1.165, 1.54) is 89.9 Å². The number of ether oxygens (including phenoxy) is 1. The lowest BCUT2D eigenvalue weighted by atomic mass is 10.0. The Labute approximate surface area is 172 Å². The van der Waals surface area contributed by atoms with Gasteiger partial charge in [0.15, 0.2) is 0 Å². The van der Waals surface area contributed by atoms with Crippen LogP contribution in [0.25, 0.3) is 0 Å². The van der Waals surface area contributed by atoms with E-state index >= 15 is 0 Å². The third kappa shape index (κ3) is 22.6. The number of methoxy groups -OCH3 is 1. The molecule has 0 heterocycles. The van der Waals surface area contributed by atoms with E-state index in [-0.39, 0.29) is 12.3 Å². The van der Waals surface area contributed by atoms with Gasteiger partial charge in [0.2, 0.25) is 0 Å². The molecule has 0 unspecified atom stereocenters. The molecule has 0 rings (SSSR count). The van der Waals surface area contributed by atoms with Gasteiger partial charge in [0, 0.05) is 12.9 Å². The fourth-order valence-electron chi connectivity index (χ4n) is 3.19. The van der Waals surface area contributed by atoms with Gasteiger partial charge < -0.3 is 14.5 Å². The van der Waals surface area contributed by atoms with Gasteiger partial charge in [0.25, 0.3) is 0 Å². The number of hydrogen-bond donors (Lipinski definition) is 2. The number of unbranched alkanes of at least 4 members (excludes halogenated alkanes) is 13. The summed E-state index contributed by atoms with van der Waals surface area (Å²) in [7, 11) is -2.28. The van der Waals surface area contributed by atoms with Crippen LogP contribution in [0, 0.1) is 0 Å². The van der Waals surface area contributed by atoms with Gasteiger partial charge in [0.1, 0.15) is 0 Å². The van der Waals surface area contributed by atoms with Crippen LogP contribution in [0.2, 0.25) is 0 Å². The molecule has 0 bridgehead atoms. The minimum Gasteiger partial charge on any atom is -0.381 e. The molecule has 0 aromatic carbocycles. The van der Waals surface area contributed by atoms with Crippen molar-refractivity contribution in [2.24, 2.45) is 0 Å². The summed E-state index contributed by atoms with van der Waals surface area (Å²) >= 11 is 1.84. The topological polar surface area (TPSA) is 66.8 Å². The summed E-state index contributed by atoms with van der Waals surface area (Å²) in [5.41, 5.74) is 0. The Kier molecular flexibility index (Phi) is 20.1. The fraction of sp³-hybridized carbons (Fsp3) is 1.00. The summed E-state index contributed by atoms with van der Waals surface area (Å²) in [6, 6.07) is 0. The van der Waals surface area contributed by atoms with Crippen LogP contribution in [-0.2, 0) is 9.30 Å². The van der Waals surface area contributed by atoms with Crippen molar-refractivity contribution >= 4 is 19.4 Å². The maximum Gasteiger partial charge on any atom is 0.325 e. The number of hydrogen-bond acceptors (Lipinski definition) is 3. The zero-order valence-corrected chi connectivity index (χ0v) is 19.6. The normalized spacial score (nSPS) is 13.2. The second-order valence-corrected chi connectivity index (χ2v) is 10.6. The first kappa shape index (κ1) is 27.5. The fourth-order valence-corrected chi connectivity index (χ4v) is 4.96. The predicted molar refractivity (Wildman–Crippen MR) is 120 cm³/mol. The van der Waals surface area contributed by atoms with Crippen LogP contribution < -0.4 is 0 Å². The summed E-state index contributed by atoms with van der Waals surface area (Å²) in [4.78, 5) is 17.8. The molecule has 0 aromatic heterocycles. The molecular formula is C21H45O4PS. The molecule has 0 aliphatic carbocycles. The molecule has 2 N–H and O–H groups in total. The Morgan fingerprint density at radius 3 is 1.67 bits per heavy atom. The maximum absolute atomic E-state index is 10.9. The zero-order chi connectivity index (χ0) is 20.2. The molecule has 4 nitrogen and oxygen atoms in total. The van der Waals surface area contributed by atoms with E-state index in [9.17, 15) is 4.57 Å². The second-order valence-electron chi connectivity index (χ2n) is 7.71. The lowest BCUT2D eigenvalue weighted by Gasteiger charge is -2.15. The van der Waals surface area contributed by atoms with Crippen molar-refractivity contribution in [1.29, 1.82) is 0 Å². The summed E-state index contributed by atoms with van der Waals surface area (Å²) < 4.78 is 16.2. The molecule has 0 saturated heterocycles. The molecule has 27 heavy (non-hydrogen) atoms. The Morgan fingerprint density at radius 2 is 1.26 bits per heavy atom. The summed E-state index contributed by atoms with van der Waals surface area (Å²) in [6.45, 7) is 2.27. The molecule has 0 saturated carbocycles. The van der Waals surface area contributed by atoms with E-state index in [1.54, 1.807) is 7.11 Å². The van der Waals surface area contributed by atoms with E-state index < -0.39 is 7.60 Å². The van der Waals surface area contributed by atoms with Crippen LogP contribution in [0.4, 0.5) is 0 Å². The summed E-state index contributed by atoms with van der Waals surface area (Å²) in [5.74, 6) is 1.95. The van der Waals surface area contributed by atoms with Crippen LogP contribution in [0.15, 0.2) is 0 Å².